The SMILES string of the molecule is C[Si](C)(c1ccccc1)[Cr](=[O])(=[O])([OH])([OH])[Si](C)(C)c1ccccc1. The summed E-state index contributed by atoms with van der Waals surface area (Å²) in [6, 6.07) is 17.1. The van der Waals surface area contributed by atoms with E-state index in [1.54, 1.807) is 60.7 Å². The van der Waals surface area contributed by atoms with Crippen molar-refractivity contribution in [2.24, 2.45) is 0 Å². The molecule has 0 aliphatic carbocycles. The van der Waals surface area contributed by atoms with Gasteiger partial charge in [0.1, 0.15) is 0 Å². The van der Waals surface area contributed by atoms with Crippen LogP contribution in [0.5, 0.6) is 0 Å². The van der Waals surface area contributed by atoms with Crippen LogP contribution in [0.3, 0.4) is 0 Å². The van der Waals surface area contributed by atoms with E-state index in [1.807, 2.05) is 0 Å². The van der Waals surface area contributed by atoms with Crippen molar-refractivity contribution in [3.05, 3.63) is 60.7 Å². The first-order chi connectivity index (χ1) is 10.3. The van der Waals surface area contributed by atoms with Gasteiger partial charge in [0.2, 0.25) is 0 Å². The van der Waals surface area contributed by atoms with Crippen LogP contribution in [0.1, 0.15) is 0 Å². The van der Waals surface area contributed by atoms with E-state index in [1.165, 1.54) is 26.2 Å². The number of hydrogen-bond donors (Lipinski definition) is 2. The van der Waals surface area contributed by atoms with Crippen LogP contribution in [0.15, 0.2) is 60.7 Å². The molecule has 0 radical (unpaired) electrons. The maximum atomic E-state index is 13.7. The quantitative estimate of drug-likeness (QED) is 0.785. The summed E-state index contributed by atoms with van der Waals surface area (Å²) in [4.78, 5) is 0. The molecule has 0 fully saturated rings. The Hall–Kier alpha value is -1.07. The molecule has 0 spiro atoms. The first-order valence-electron chi connectivity index (χ1n) is 7.43. The molecule has 0 aliphatic rings. The van der Waals surface area contributed by atoms with Crippen LogP contribution in [0.25, 0.3) is 0 Å². The molecule has 0 unspecified atom stereocenters. The molecule has 0 bridgehead atoms. The normalized spacial score (nSPS) is 16.4. The molecule has 2 aromatic rings. The van der Waals surface area contributed by atoms with Gasteiger partial charge in [0.05, 0.1) is 0 Å². The van der Waals surface area contributed by atoms with Crippen molar-refractivity contribution in [3.63, 3.8) is 0 Å². The van der Waals surface area contributed by atoms with E-state index < -0.39 is 23.4 Å². The summed E-state index contributed by atoms with van der Waals surface area (Å²) in [6.45, 7) is -1.25. The van der Waals surface area contributed by atoms with Gasteiger partial charge in [0.15, 0.2) is 0 Å². The maximum absolute atomic E-state index is 13.7. The second kappa shape index (κ2) is 4.73. The van der Waals surface area contributed by atoms with Gasteiger partial charge in [-0.05, 0) is 0 Å². The summed E-state index contributed by atoms with van der Waals surface area (Å²) in [5.74, 6) is 0. The summed E-state index contributed by atoms with van der Waals surface area (Å²) in [6.07, 6.45) is 0. The molecule has 0 atom stereocenters. The molecule has 2 N–H and O–H groups in total. The second-order valence-corrected chi connectivity index (χ2v) is 36.8. The average molecular weight is 389 g/mol. The summed E-state index contributed by atoms with van der Waals surface area (Å²) >= 11 is 0. The summed E-state index contributed by atoms with van der Waals surface area (Å²) in [5, 5.41) is 1.00. The Bertz CT molecular complexity index is 822. The van der Waals surface area contributed by atoms with Crippen molar-refractivity contribution in [2.45, 2.75) is 26.2 Å². The second-order valence-electron chi connectivity index (χ2n) is 7.00. The van der Waals surface area contributed by atoms with Gasteiger partial charge in [-0.25, -0.2) is 0 Å². The summed E-state index contributed by atoms with van der Waals surface area (Å²) in [5.41, 5.74) is 0. The zero-order valence-corrected chi connectivity index (χ0v) is 17.2. The molecule has 23 heavy (non-hydrogen) atoms. The van der Waals surface area contributed by atoms with Crippen molar-refractivity contribution in [1.82, 2.24) is 0 Å². The minimum atomic E-state index is -7.52. The fourth-order valence-corrected chi connectivity index (χ4v) is 38.0. The fourth-order valence-electron chi connectivity index (χ4n) is 2.84. The van der Waals surface area contributed by atoms with Crippen LogP contribution in [-0.4, -0.2) is 21.6 Å². The predicted molar refractivity (Wildman–Crippen MR) is 92.9 cm³/mol. The molecule has 0 amide bonds. The molecule has 126 valence electrons. The van der Waals surface area contributed by atoms with Crippen LogP contribution in [0, 0.1) is 0 Å². The molecule has 0 heterocycles. The Morgan fingerprint density at radius 1 is 0.652 bits per heavy atom. The van der Waals surface area contributed by atoms with Gasteiger partial charge in [0, 0.05) is 0 Å². The van der Waals surface area contributed by atoms with Gasteiger partial charge in [-0.15, -0.1) is 0 Å². The third-order valence-corrected chi connectivity index (χ3v) is 49.1. The average Bonchev–Trinajstić information content (AvgIpc) is 2.47. The van der Waals surface area contributed by atoms with Gasteiger partial charge in [-0.3, -0.25) is 0 Å². The van der Waals surface area contributed by atoms with E-state index in [2.05, 4.69) is 0 Å². The molecule has 0 aromatic heterocycles. The third-order valence-electron chi connectivity index (χ3n) is 5.19. The first kappa shape index (κ1) is 18.3. The first-order valence-corrected chi connectivity index (χ1v) is 19.3. The number of benzene rings is 2. The Morgan fingerprint density at radius 2 is 0.913 bits per heavy atom. The topological polar surface area (TPSA) is 74.6 Å². The van der Waals surface area contributed by atoms with Gasteiger partial charge in [-0.1, -0.05) is 0 Å². The molecular formula is C16H24CrO4Si2. The standard InChI is InChI=1S/2C8H11Si.Cr.2H2O.2O/c2*1-9(2)8-6-4-3-5-7-8;;;;;/h2*3-7H,1-2H3;;2*1H2;;/q;;+2;;;;/p-2. The Kier molecular flexibility index (Phi) is 3.75. The fraction of sp³-hybridized carbons (Fsp3) is 0.250. The zero-order chi connectivity index (χ0) is 17.6. The van der Waals surface area contributed by atoms with E-state index in [0.717, 1.165) is 0 Å². The van der Waals surface area contributed by atoms with Crippen molar-refractivity contribution in [3.8, 4) is 0 Å². The van der Waals surface area contributed by atoms with Crippen molar-refractivity contribution in [2.75, 3.05) is 0 Å². The molecule has 7 heteroatoms. The molecule has 2 rings (SSSR count). The van der Waals surface area contributed by atoms with E-state index in [-0.39, 0.29) is 0 Å². The van der Waals surface area contributed by atoms with Crippen LogP contribution in [-0.2, 0) is 17.8 Å². The minimum absolute atomic E-state index is 0.501. The van der Waals surface area contributed by atoms with Gasteiger partial charge in [-0.2, -0.15) is 0 Å². The summed E-state index contributed by atoms with van der Waals surface area (Å²) in [7, 11) is -7.52. The van der Waals surface area contributed by atoms with E-state index in [0.29, 0.717) is 10.4 Å². The number of rotatable bonds is 4. The van der Waals surface area contributed by atoms with Crippen LogP contribution in [0.4, 0.5) is 0 Å². The van der Waals surface area contributed by atoms with Gasteiger partial charge < -0.3 is 0 Å². The van der Waals surface area contributed by atoms with Gasteiger partial charge in [0.25, 0.3) is 0 Å². The molecule has 2 aromatic carbocycles. The van der Waals surface area contributed by atoms with Crippen LogP contribution >= 0.6 is 0 Å². The Balaban J connectivity index is 2.84. The van der Waals surface area contributed by atoms with Crippen LogP contribution in [0.2, 0.25) is 26.2 Å². The van der Waals surface area contributed by atoms with Crippen molar-refractivity contribution < 1.29 is 26.1 Å². The van der Waals surface area contributed by atoms with E-state index in [9.17, 15) is 15.9 Å². The van der Waals surface area contributed by atoms with Crippen LogP contribution < -0.4 is 10.4 Å². The molecule has 4 nitrogen and oxygen atoms in total. The molecule has 0 saturated carbocycles. The number of hydrogen-bond acceptors (Lipinski definition) is 2. The van der Waals surface area contributed by atoms with Crippen molar-refractivity contribution >= 4 is 23.6 Å². The Morgan fingerprint density at radius 3 is 1.17 bits per heavy atom. The van der Waals surface area contributed by atoms with Crippen molar-refractivity contribution in [1.29, 1.82) is 0 Å². The molecule has 0 aliphatic heterocycles. The third kappa shape index (κ3) is 2.31. The summed E-state index contributed by atoms with van der Waals surface area (Å²) < 4.78 is 49.8. The molecular weight excluding hydrogens is 364 g/mol. The van der Waals surface area contributed by atoms with E-state index in [4.69, 9.17) is 0 Å². The monoisotopic (exact) mass is 388 g/mol. The zero-order valence-electron chi connectivity index (χ0n) is 13.9. The Labute approximate surface area is 136 Å². The predicted octanol–water partition coefficient (Wildman–Crippen LogP) is 1.94. The van der Waals surface area contributed by atoms with Gasteiger partial charge >= 0.3 is 137 Å². The van der Waals surface area contributed by atoms with E-state index >= 15 is 0 Å². The molecule has 0 saturated heterocycles.